The molecule has 1 aromatic carbocycles. The third kappa shape index (κ3) is 3.78. The topological polar surface area (TPSA) is 98.5 Å². The number of ether oxygens (including phenoxy) is 1. The van der Waals surface area contributed by atoms with E-state index >= 15 is 0 Å². The van der Waals surface area contributed by atoms with Gasteiger partial charge in [-0.2, -0.15) is 0 Å². The number of benzene rings is 1. The molecule has 8 heteroatoms. The van der Waals surface area contributed by atoms with Crippen molar-refractivity contribution in [1.82, 2.24) is 5.32 Å². The van der Waals surface area contributed by atoms with Crippen molar-refractivity contribution in [3.8, 4) is 0 Å². The van der Waals surface area contributed by atoms with Gasteiger partial charge < -0.3 is 10.1 Å². The number of carbonyl (C=O) groups is 1. The molecule has 0 bridgehead atoms. The van der Waals surface area contributed by atoms with Crippen LogP contribution in [0.25, 0.3) is 0 Å². The van der Waals surface area contributed by atoms with E-state index in [-0.39, 0.29) is 16.4 Å². The van der Waals surface area contributed by atoms with Crippen LogP contribution >= 0.6 is 15.9 Å². The second kappa shape index (κ2) is 6.21. The van der Waals surface area contributed by atoms with E-state index in [1.165, 1.54) is 12.1 Å². The molecule has 1 aliphatic heterocycles. The Morgan fingerprint density at radius 2 is 2.25 bits per heavy atom. The highest BCUT2D eigenvalue weighted by Crippen LogP contribution is 2.22. The molecule has 1 unspecified atom stereocenters. The molecule has 0 aromatic heterocycles. The molecule has 1 fully saturated rings. The van der Waals surface area contributed by atoms with Crippen LogP contribution in [0.4, 0.5) is 0 Å². The van der Waals surface area contributed by atoms with Crippen molar-refractivity contribution < 1.29 is 17.9 Å². The van der Waals surface area contributed by atoms with Gasteiger partial charge in [0.1, 0.15) is 0 Å². The molecular weight excluding hydrogens is 348 g/mol. The minimum atomic E-state index is -3.87. The molecule has 1 atom stereocenters. The molecule has 1 aromatic rings. The van der Waals surface area contributed by atoms with Gasteiger partial charge in [0.15, 0.2) is 0 Å². The summed E-state index contributed by atoms with van der Waals surface area (Å²) in [6.07, 6.45) is 0.920. The number of halogens is 1. The van der Waals surface area contributed by atoms with Crippen molar-refractivity contribution in [3.05, 3.63) is 28.2 Å². The van der Waals surface area contributed by atoms with Crippen LogP contribution in [0.5, 0.6) is 0 Å². The Kier molecular flexibility index (Phi) is 4.79. The molecule has 1 aliphatic rings. The summed E-state index contributed by atoms with van der Waals surface area (Å²) in [4.78, 5) is 11.9. The molecule has 3 N–H and O–H groups in total. The minimum absolute atomic E-state index is 0.102. The zero-order valence-corrected chi connectivity index (χ0v) is 13.0. The Bertz CT molecular complexity index is 612. The first-order chi connectivity index (χ1) is 9.38. The van der Waals surface area contributed by atoms with Crippen LogP contribution in [0.15, 0.2) is 27.6 Å². The highest BCUT2D eigenvalue weighted by molar-refractivity contribution is 9.10. The molecule has 1 saturated heterocycles. The van der Waals surface area contributed by atoms with Gasteiger partial charge in [0.2, 0.25) is 10.0 Å². The van der Waals surface area contributed by atoms with E-state index in [1.54, 1.807) is 6.07 Å². The Hall–Kier alpha value is -0.960. The summed E-state index contributed by atoms with van der Waals surface area (Å²) in [6.45, 7) is 1.87. The number of nitrogens with two attached hydrogens (primary N) is 1. The summed E-state index contributed by atoms with van der Waals surface area (Å²) >= 11 is 3.10. The third-order valence-electron chi connectivity index (χ3n) is 3.08. The Balaban J connectivity index is 2.10. The van der Waals surface area contributed by atoms with Crippen molar-refractivity contribution in [2.75, 3.05) is 19.8 Å². The predicted octanol–water partition coefficient (Wildman–Crippen LogP) is 0.863. The van der Waals surface area contributed by atoms with Crippen molar-refractivity contribution in [2.45, 2.75) is 11.3 Å². The first-order valence-corrected chi connectivity index (χ1v) is 8.40. The number of hydrogen-bond donors (Lipinski definition) is 2. The lowest BCUT2D eigenvalue weighted by Gasteiger charge is -2.10. The summed E-state index contributed by atoms with van der Waals surface area (Å²) in [6, 6.07) is 4.30. The van der Waals surface area contributed by atoms with Crippen LogP contribution < -0.4 is 10.5 Å². The number of amides is 1. The molecule has 2 rings (SSSR count). The average Bonchev–Trinajstić information content (AvgIpc) is 2.88. The van der Waals surface area contributed by atoms with Gasteiger partial charge in [0, 0.05) is 29.1 Å². The molecular formula is C12H15BrN2O4S. The van der Waals surface area contributed by atoms with Crippen molar-refractivity contribution in [2.24, 2.45) is 11.1 Å². The Morgan fingerprint density at radius 3 is 2.85 bits per heavy atom. The summed E-state index contributed by atoms with van der Waals surface area (Å²) < 4.78 is 28.3. The number of rotatable bonds is 4. The maximum absolute atomic E-state index is 12.0. The van der Waals surface area contributed by atoms with Gasteiger partial charge in [-0.25, -0.2) is 13.6 Å². The van der Waals surface area contributed by atoms with Gasteiger partial charge in [-0.1, -0.05) is 0 Å². The number of sulfonamides is 1. The highest BCUT2D eigenvalue weighted by Gasteiger charge is 2.19. The van der Waals surface area contributed by atoms with E-state index in [1.807, 2.05) is 0 Å². The normalized spacial score (nSPS) is 19.0. The molecule has 0 saturated carbocycles. The number of nitrogens with one attached hydrogen (secondary N) is 1. The van der Waals surface area contributed by atoms with Crippen LogP contribution in [0.3, 0.4) is 0 Å². The fourth-order valence-electron chi connectivity index (χ4n) is 1.95. The average molecular weight is 363 g/mol. The fourth-order valence-corrected chi connectivity index (χ4v) is 3.50. The van der Waals surface area contributed by atoms with Crippen molar-refractivity contribution in [3.63, 3.8) is 0 Å². The van der Waals surface area contributed by atoms with Gasteiger partial charge in [-0.3, -0.25) is 4.79 Å². The first kappa shape index (κ1) is 15.4. The summed E-state index contributed by atoms with van der Waals surface area (Å²) in [5.74, 6) is -0.0126. The molecule has 0 radical (unpaired) electrons. The number of hydrogen-bond acceptors (Lipinski definition) is 4. The van der Waals surface area contributed by atoms with E-state index in [9.17, 15) is 13.2 Å². The lowest BCUT2D eigenvalue weighted by atomic mass is 10.1. The van der Waals surface area contributed by atoms with E-state index in [0.717, 1.165) is 6.42 Å². The SMILES string of the molecule is NS(=O)(=O)c1cc(C(=O)NCC2CCOC2)ccc1Br. The second-order valence-electron chi connectivity index (χ2n) is 4.63. The van der Waals surface area contributed by atoms with E-state index in [0.29, 0.717) is 30.1 Å². The monoisotopic (exact) mass is 362 g/mol. The first-order valence-electron chi connectivity index (χ1n) is 6.06. The summed E-state index contributed by atoms with van der Waals surface area (Å²) in [7, 11) is -3.87. The zero-order chi connectivity index (χ0) is 14.8. The van der Waals surface area contributed by atoms with Crippen molar-refractivity contribution >= 4 is 31.9 Å². The maximum Gasteiger partial charge on any atom is 0.251 e. The van der Waals surface area contributed by atoms with Crippen LogP contribution in [0, 0.1) is 5.92 Å². The van der Waals surface area contributed by atoms with Gasteiger partial charge in [-0.15, -0.1) is 0 Å². The van der Waals surface area contributed by atoms with Crippen LogP contribution in [0.1, 0.15) is 16.8 Å². The lowest BCUT2D eigenvalue weighted by molar-refractivity contribution is 0.0944. The molecule has 110 valence electrons. The molecule has 0 aliphatic carbocycles. The molecule has 1 heterocycles. The van der Waals surface area contributed by atoms with Gasteiger partial charge in [0.05, 0.1) is 11.5 Å². The second-order valence-corrected chi connectivity index (χ2v) is 7.01. The Labute approximate surface area is 125 Å². The summed E-state index contributed by atoms with van der Waals surface area (Å²) in [5, 5.41) is 7.86. The quantitative estimate of drug-likeness (QED) is 0.829. The van der Waals surface area contributed by atoms with Gasteiger partial charge >= 0.3 is 0 Å². The molecule has 0 spiro atoms. The molecule has 20 heavy (non-hydrogen) atoms. The van der Waals surface area contributed by atoms with Crippen LogP contribution in [-0.2, 0) is 14.8 Å². The van der Waals surface area contributed by atoms with Gasteiger partial charge in [-0.05, 0) is 40.5 Å². The zero-order valence-electron chi connectivity index (χ0n) is 10.6. The maximum atomic E-state index is 12.0. The lowest BCUT2D eigenvalue weighted by Crippen LogP contribution is -2.29. The van der Waals surface area contributed by atoms with E-state index in [4.69, 9.17) is 9.88 Å². The Morgan fingerprint density at radius 1 is 1.50 bits per heavy atom. The predicted molar refractivity (Wildman–Crippen MR) is 76.8 cm³/mol. The minimum Gasteiger partial charge on any atom is -0.381 e. The van der Waals surface area contributed by atoms with E-state index < -0.39 is 10.0 Å². The van der Waals surface area contributed by atoms with Crippen LogP contribution in [-0.4, -0.2) is 34.1 Å². The van der Waals surface area contributed by atoms with Gasteiger partial charge in [0.25, 0.3) is 5.91 Å². The third-order valence-corrected chi connectivity index (χ3v) is 4.98. The fraction of sp³-hybridized carbons (Fsp3) is 0.417. The van der Waals surface area contributed by atoms with Crippen LogP contribution in [0.2, 0.25) is 0 Å². The van der Waals surface area contributed by atoms with E-state index in [2.05, 4.69) is 21.2 Å². The largest absolute Gasteiger partial charge is 0.381 e. The highest BCUT2D eigenvalue weighted by atomic mass is 79.9. The molecule has 6 nitrogen and oxygen atoms in total. The smallest absolute Gasteiger partial charge is 0.251 e. The van der Waals surface area contributed by atoms with Crippen molar-refractivity contribution in [1.29, 1.82) is 0 Å². The standard InChI is InChI=1S/C12H15BrN2O4S/c13-10-2-1-9(5-11(10)20(14,17)18)12(16)15-6-8-3-4-19-7-8/h1-2,5,8H,3-4,6-7H2,(H,15,16)(H2,14,17,18). The summed E-state index contributed by atoms with van der Waals surface area (Å²) in [5.41, 5.74) is 0.260. The number of primary sulfonamides is 1. The number of carbonyl (C=O) groups excluding carboxylic acids is 1. The molecule has 1 amide bonds.